The molecule has 3 aliphatic heterocycles. The number of carbonyl (C=O) groups is 1. The average Bonchev–Trinajstić information content (AvgIpc) is 3.22. The lowest BCUT2D eigenvalue weighted by Crippen LogP contribution is -2.39. The number of likely N-dealkylation sites (tertiary alicyclic amines) is 1. The lowest BCUT2D eigenvalue weighted by molar-refractivity contribution is 0.0678. The summed E-state index contributed by atoms with van der Waals surface area (Å²) in [5.41, 5.74) is 0.747. The van der Waals surface area contributed by atoms with Crippen molar-refractivity contribution in [3.63, 3.8) is 0 Å². The van der Waals surface area contributed by atoms with E-state index in [0.29, 0.717) is 18.7 Å². The molecule has 1 amide bonds. The topological polar surface area (TPSA) is 50.8 Å². The van der Waals surface area contributed by atoms with Crippen molar-refractivity contribution in [3.05, 3.63) is 29.8 Å². The summed E-state index contributed by atoms with van der Waals surface area (Å²) in [5, 5.41) is 3.62. The maximum absolute atomic E-state index is 12.7. The third-order valence-electron chi connectivity index (χ3n) is 5.37. The largest absolute Gasteiger partial charge is 0.491 e. The van der Waals surface area contributed by atoms with Crippen molar-refractivity contribution in [2.24, 2.45) is 0 Å². The van der Waals surface area contributed by atoms with Crippen LogP contribution in [-0.4, -0.2) is 55.3 Å². The summed E-state index contributed by atoms with van der Waals surface area (Å²) < 4.78 is 11.3. The van der Waals surface area contributed by atoms with Gasteiger partial charge in [0.2, 0.25) is 0 Å². The van der Waals surface area contributed by atoms with Crippen LogP contribution in [0.5, 0.6) is 5.75 Å². The Kier molecular flexibility index (Phi) is 4.72. The summed E-state index contributed by atoms with van der Waals surface area (Å²) >= 11 is 0. The Morgan fingerprint density at radius 3 is 2.79 bits per heavy atom. The second-order valence-corrected chi connectivity index (χ2v) is 7.15. The highest BCUT2D eigenvalue weighted by molar-refractivity contribution is 5.94. The van der Waals surface area contributed by atoms with Gasteiger partial charge in [-0.2, -0.15) is 0 Å². The van der Waals surface area contributed by atoms with Crippen LogP contribution in [0.25, 0.3) is 0 Å². The third kappa shape index (κ3) is 3.57. The van der Waals surface area contributed by atoms with Crippen molar-refractivity contribution >= 4 is 5.91 Å². The fourth-order valence-electron chi connectivity index (χ4n) is 3.97. The highest BCUT2D eigenvalue weighted by Crippen LogP contribution is 2.22. The highest BCUT2D eigenvalue weighted by atomic mass is 16.5. The Labute approximate surface area is 143 Å². The van der Waals surface area contributed by atoms with Crippen molar-refractivity contribution in [2.75, 3.05) is 26.3 Å². The summed E-state index contributed by atoms with van der Waals surface area (Å²) in [7, 11) is 0. The lowest BCUT2D eigenvalue weighted by atomic mass is 10.1. The van der Waals surface area contributed by atoms with E-state index < -0.39 is 0 Å². The summed E-state index contributed by atoms with van der Waals surface area (Å²) in [6.45, 7) is 3.11. The molecular formula is C19H26N2O3. The standard InChI is InChI=1S/C19H26N2O3/c22-19(21-10-9-15-5-6-16(12-21)20-15)14-3-7-17(8-4-14)24-13-18-2-1-11-23-18/h3-4,7-8,15-16,18,20H,1-2,5-6,9-13H2. The molecule has 5 nitrogen and oxygen atoms in total. The van der Waals surface area contributed by atoms with Crippen LogP contribution in [0.3, 0.4) is 0 Å². The van der Waals surface area contributed by atoms with E-state index >= 15 is 0 Å². The number of hydrogen-bond donors (Lipinski definition) is 1. The zero-order valence-electron chi connectivity index (χ0n) is 14.1. The van der Waals surface area contributed by atoms with Gasteiger partial charge in [-0.15, -0.1) is 0 Å². The van der Waals surface area contributed by atoms with Gasteiger partial charge >= 0.3 is 0 Å². The molecule has 3 fully saturated rings. The Morgan fingerprint density at radius 2 is 2.00 bits per heavy atom. The number of benzene rings is 1. The molecule has 1 aromatic carbocycles. The Hall–Kier alpha value is -1.59. The number of fused-ring (bicyclic) bond motifs is 2. The Morgan fingerprint density at radius 1 is 1.17 bits per heavy atom. The quantitative estimate of drug-likeness (QED) is 0.920. The van der Waals surface area contributed by atoms with Crippen molar-refractivity contribution < 1.29 is 14.3 Å². The fourth-order valence-corrected chi connectivity index (χ4v) is 3.97. The van der Waals surface area contributed by atoms with Crippen molar-refractivity contribution in [2.45, 2.75) is 50.3 Å². The molecule has 3 saturated heterocycles. The maximum atomic E-state index is 12.7. The molecule has 130 valence electrons. The molecule has 24 heavy (non-hydrogen) atoms. The minimum atomic E-state index is 0.134. The Bertz CT molecular complexity index is 568. The molecule has 0 saturated carbocycles. The normalized spacial score (nSPS) is 29.5. The second-order valence-electron chi connectivity index (χ2n) is 7.15. The molecule has 0 radical (unpaired) electrons. The van der Waals surface area contributed by atoms with Gasteiger partial charge in [-0.25, -0.2) is 0 Å². The van der Waals surface area contributed by atoms with Crippen LogP contribution in [0.1, 0.15) is 42.5 Å². The molecule has 1 aromatic rings. The average molecular weight is 330 g/mol. The molecule has 2 bridgehead atoms. The molecular weight excluding hydrogens is 304 g/mol. The van der Waals surface area contributed by atoms with Crippen LogP contribution < -0.4 is 10.1 Å². The molecule has 0 aromatic heterocycles. The lowest BCUT2D eigenvalue weighted by Gasteiger charge is -2.24. The minimum Gasteiger partial charge on any atom is -0.491 e. The van der Waals surface area contributed by atoms with Gasteiger partial charge in [-0.3, -0.25) is 4.79 Å². The molecule has 3 aliphatic rings. The van der Waals surface area contributed by atoms with Crippen LogP contribution in [0.4, 0.5) is 0 Å². The van der Waals surface area contributed by atoms with Gasteiger partial charge in [0.25, 0.3) is 5.91 Å². The summed E-state index contributed by atoms with van der Waals surface area (Å²) in [6.07, 6.45) is 5.90. The smallest absolute Gasteiger partial charge is 0.253 e. The van der Waals surface area contributed by atoms with Gasteiger partial charge in [0.1, 0.15) is 12.4 Å². The third-order valence-corrected chi connectivity index (χ3v) is 5.37. The van der Waals surface area contributed by atoms with Gasteiger partial charge in [0.05, 0.1) is 6.10 Å². The van der Waals surface area contributed by atoms with E-state index in [9.17, 15) is 4.79 Å². The van der Waals surface area contributed by atoms with Crippen LogP contribution in [-0.2, 0) is 4.74 Å². The zero-order chi connectivity index (χ0) is 16.4. The maximum Gasteiger partial charge on any atom is 0.253 e. The predicted octanol–water partition coefficient (Wildman–Crippen LogP) is 2.21. The number of rotatable bonds is 4. The molecule has 3 heterocycles. The van der Waals surface area contributed by atoms with Gasteiger partial charge in [-0.05, 0) is 56.4 Å². The number of nitrogens with zero attached hydrogens (tertiary/aromatic N) is 1. The number of hydrogen-bond acceptors (Lipinski definition) is 4. The SMILES string of the molecule is O=C(c1ccc(OCC2CCCO2)cc1)N1CCC2CCC(C1)N2. The molecule has 1 N–H and O–H groups in total. The van der Waals surface area contributed by atoms with Gasteiger partial charge < -0.3 is 19.7 Å². The number of ether oxygens (including phenoxy) is 2. The van der Waals surface area contributed by atoms with Crippen molar-refractivity contribution in [3.8, 4) is 5.75 Å². The molecule has 4 rings (SSSR count). The van der Waals surface area contributed by atoms with Gasteiger partial charge in [0, 0.05) is 37.3 Å². The van der Waals surface area contributed by atoms with E-state index in [-0.39, 0.29) is 12.0 Å². The second kappa shape index (κ2) is 7.11. The van der Waals surface area contributed by atoms with Gasteiger partial charge in [-0.1, -0.05) is 0 Å². The Balaban J connectivity index is 1.34. The van der Waals surface area contributed by atoms with Crippen LogP contribution in [0, 0.1) is 0 Å². The van der Waals surface area contributed by atoms with E-state index in [4.69, 9.17) is 9.47 Å². The summed E-state index contributed by atoms with van der Waals surface area (Å²) in [6, 6.07) is 8.61. The zero-order valence-corrected chi connectivity index (χ0v) is 14.1. The van der Waals surface area contributed by atoms with E-state index in [1.54, 1.807) is 0 Å². The number of carbonyl (C=O) groups excluding carboxylic acids is 1. The van der Waals surface area contributed by atoms with Crippen molar-refractivity contribution in [1.82, 2.24) is 10.2 Å². The summed E-state index contributed by atoms with van der Waals surface area (Å²) in [5.74, 6) is 0.939. The van der Waals surface area contributed by atoms with Crippen LogP contribution >= 0.6 is 0 Å². The predicted molar refractivity (Wildman–Crippen MR) is 91.4 cm³/mol. The molecule has 0 aliphatic carbocycles. The molecule has 0 spiro atoms. The first-order valence-corrected chi connectivity index (χ1v) is 9.18. The number of amides is 1. The fraction of sp³-hybridized carbons (Fsp3) is 0.632. The van der Waals surface area contributed by atoms with Crippen LogP contribution in [0.15, 0.2) is 24.3 Å². The molecule has 5 heteroatoms. The first kappa shape index (κ1) is 15.9. The van der Waals surface area contributed by atoms with E-state index in [0.717, 1.165) is 50.3 Å². The number of nitrogens with one attached hydrogen (secondary N) is 1. The first-order valence-electron chi connectivity index (χ1n) is 9.18. The summed E-state index contributed by atoms with van der Waals surface area (Å²) in [4.78, 5) is 14.7. The monoisotopic (exact) mass is 330 g/mol. The molecule has 3 atom stereocenters. The van der Waals surface area contributed by atoms with Gasteiger partial charge in [0.15, 0.2) is 0 Å². The van der Waals surface area contributed by atoms with E-state index in [1.165, 1.54) is 12.8 Å². The highest BCUT2D eigenvalue weighted by Gasteiger charge is 2.31. The van der Waals surface area contributed by atoms with E-state index in [2.05, 4.69) is 5.32 Å². The molecule has 3 unspecified atom stereocenters. The van der Waals surface area contributed by atoms with E-state index in [1.807, 2.05) is 29.2 Å². The minimum absolute atomic E-state index is 0.134. The van der Waals surface area contributed by atoms with Crippen molar-refractivity contribution in [1.29, 1.82) is 0 Å². The van der Waals surface area contributed by atoms with Crippen LogP contribution in [0.2, 0.25) is 0 Å². The first-order chi connectivity index (χ1) is 11.8.